The second-order valence-corrected chi connectivity index (χ2v) is 8.66. The van der Waals surface area contributed by atoms with Crippen LogP contribution in [0.4, 0.5) is 24.5 Å². The topological polar surface area (TPSA) is 58.1 Å². The Morgan fingerprint density at radius 3 is 2.72 bits per heavy atom. The summed E-state index contributed by atoms with van der Waals surface area (Å²) in [6, 6.07) is 3.25. The van der Waals surface area contributed by atoms with Gasteiger partial charge >= 0.3 is 0 Å². The number of nitrogens with one attached hydrogen (secondary N) is 1. The van der Waals surface area contributed by atoms with E-state index >= 15 is 0 Å². The van der Waals surface area contributed by atoms with E-state index in [0.29, 0.717) is 18.8 Å². The maximum absolute atomic E-state index is 14.1. The van der Waals surface area contributed by atoms with E-state index in [9.17, 15) is 18.0 Å². The second kappa shape index (κ2) is 8.41. The summed E-state index contributed by atoms with van der Waals surface area (Å²) < 4.78 is 40.9. The van der Waals surface area contributed by atoms with Gasteiger partial charge < -0.3 is 10.2 Å². The zero-order valence-corrected chi connectivity index (χ0v) is 18.2. The highest BCUT2D eigenvalue weighted by atomic mass is 19.2. The number of hydrogen-bond donors (Lipinski definition) is 1. The minimum atomic E-state index is -1.03. The molecule has 1 heterocycles. The molecule has 1 N–H and O–H groups in total. The van der Waals surface area contributed by atoms with Gasteiger partial charge in [0.1, 0.15) is 11.7 Å². The van der Waals surface area contributed by atoms with Crippen LogP contribution >= 0.6 is 0 Å². The summed E-state index contributed by atoms with van der Waals surface area (Å²) in [5, 5.41) is 2.69. The van der Waals surface area contributed by atoms with Gasteiger partial charge in [0, 0.05) is 43.1 Å². The maximum Gasteiger partial charge on any atom is 0.228 e. The quantitative estimate of drug-likeness (QED) is 0.693. The molecule has 4 rings (SSSR count). The zero-order valence-electron chi connectivity index (χ0n) is 18.2. The number of hydrogen-bond acceptors (Lipinski definition) is 4. The van der Waals surface area contributed by atoms with Gasteiger partial charge in [0.25, 0.3) is 0 Å². The first-order chi connectivity index (χ1) is 15.2. The third kappa shape index (κ3) is 4.26. The number of carbonyl (C=O) groups is 1. The third-order valence-corrected chi connectivity index (χ3v) is 6.41. The Labute approximate surface area is 185 Å². The summed E-state index contributed by atoms with van der Waals surface area (Å²) in [6.07, 6.45) is 7.60. The van der Waals surface area contributed by atoms with Gasteiger partial charge in [-0.3, -0.25) is 4.79 Å². The fraction of sp³-hybridized carbons (Fsp3) is 0.375. The predicted molar refractivity (Wildman–Crippen MR) is 117 cm³/mol. The van der Waals surface area contributed by atoms with E-state index in [1.54, 1.807) is 12.3 Å². The third-order valence-electron chi connectivity index (χ3n) is 6.41. The van der Waals surface area contributed by atoms with Crippen LogP contribution < -0.4 is 10.2 Å². The summed E-state index contributed by atoms with van der Waals surface area (Å²) in [7, 11) is 1.91. The normalized spacial score (nSPS) is 24.1. The van der Waals surface area contributed by atoms with Crippen LogP contribution in [0.3, 0.4) is 0 Å². The first kappa shape index (κ1) is 22.0. The van der Waals surface area contributed by atoms with Gasteiger partial charge in [-0.2, -0.15) is 0 Å². The fourth-order valence-corrected chi connectivity index (χ4v) is 4.69. The summed E-state index contributed by atoms with van der Waals surface area (Å²) in [4.78, 5) is 23.7. The number of aryl methyl sites for hydroxylation is 2. The van der Waals surface area contributed by atoms with Crippen molar-refractivity contribution in [1.29, 1.82) is 0 Å². The molecule has 1 amide bonds. The SMILES string of the molecule is Cc1ncc(N(C)C[C@@]2(C3C=CC=C(F)C3)C[C@H]2C(=O)Nc2ccc(F)c(F)c2)c(C)n1. The van der Waals surface area contributed by atoms with Crippen LogP contribution in [0.2, 0.25) is 0 Å². The maximum atomic E-state index is 14.1. The van der Waals surface area contributed by atoms with Crippen molar-refractivity contribution in [2.45, 2.75) is 26.7 Å². The molecule has 3 atom stereocenters. The molecule has 32 heavy (non-hydrogen) atoms. The van der Waals surface area contributed by atoms with E-state index in [1.807, 2.05) is 31.9 Å². The molecule has 5 nitrogen and oxygen atoms in total. The Bertz CT molecular complexity index is 1120. The van der Waals surface area contributed by atoms with Gasteiger partial charge in [0.15, 0.2) is 11.6 Å². The number of nitrogens with zero attached hydrogens (tertiary/aromatic N) is 3. The minimum absolute atomic E-state index is 0.165. The molecule has 0 aliphatic heterocycles. The van der Waals surface area contributed by atoms with Gasteiger partial charge in [0.05, 0.1) is 17.6 Å². The van der Waals surface area contributed by atoms with Crippen molar-refractivity contribution in [2.24, 2.45) is 17.3 Å². The lowest BCUT2D eigenvalue weighted by atomic mass is 9.81. The average molecular weight is 442 g/mol. The molecule has 1 aromatic heterocycles. The van der Waals surface area contributed by atoms with Crippen LogP contribution in [-0.4, -0.2) is 29.5 Å². The van der Waals surface area contributed by atoms with E-state index in [0.717, 1.165) is 23.5 Å². The predicted octanol–water partition coefficient (Wildman–Crippen LogP) is 4.88. The monoisotopic (exact) mass is 442 g/mol. The van der Waals surface area contributed by atoms with Gasteiger partial charge in [-0.1, -0.05) is 12.2 Å². The highest BCUT2D eigenvalue weighted by Gasteiger charge is 2.62. The Morgan fingerprint density at radius 2 is 2.03 bits per heavy atom. The van der Waals surface area contributed by atoms with Crippen LogP contribution in [0.1, 0.15) is 24.4 Å². The molecule has 1 saturated carbocycles. The molecule has 0 radical (unpaired) electrons. The second-order valence-electron chi connectivity index (χ2n) is 8.66. The van der Waals surface area contributed by atoms with Crippen LogP contribution in [0, 0.1) is 42.7 Å². The molecule has 168 valence electrons. The van der Waals surface area contributed by atoms with Crippen molar-refractivity contribution >= 4 is 17.3 Å². The van der Waals surface area contributed by atoms with E-state index < -0.39 is 23.0 Å². The lowest BCUT2D eigenvalue weighted by Gasteiger charge is -2.32. The standard InChI is InChI=1S/C24H25F3N4O/c1-14-22(12-28-15(2)29-14)31(3)13-24(16-5-4-6-17(25)9-16)11-19(24)23(32)30-18-7-8-20(26)21(27)10-18/h4-8,10,12,16,19H,9,11,13H2,1-3H3,(H,30,32)/t16?,19-,24+/m0/s1. The van der Waals surface area contributed by atoms with Crippen molar-refractivity contribution in [3.8, 4) is 0 Å². The van der Waals surface area contributed by atoms with Crippen molar-refractivity contribution in [3.05, 3.63) is 71.6 Å². The molecular weight excluding hydrogens is 417 g/mol. The molecule has 2 aliphatic carbocycles. The number of amides is 1. The lowest BCUT2D eigenvalue weighted by Crippen LogP contribution is -2.35. The zero-order chi connectivity index (χ0) is 23.0. The van der Waals surface area contributed by atoms with E-state index in [-0.39, 0.29) is 29.8 Å². The van der Waals surface area contributed by atoms with E-state index in [2.05, 4.69) is 15.3 Å². The summed E-state index contributed by atoms with van der Waals surface area (Å²) >= 11 is 0. The number of rotatable bonds is 6. The number of allylic oxidation sites excluding steroid dienone is 4. The first-order valence-corrected chi connectivity index (χ1v) is 10.5. The Kier molecular flexibility index (Phi) is 5.79. The number of benzene rings is 1. The Balaban J connectivity index is 1.57. The average Bonchev–Trinajstić information content (AvgIpc) is 3.46. The highest BCUT2D eigenvalue weighted by molar-refractivity contribution is 5.95. The number of carbonyl (C=O) groups excluding carboxylic acids is 1. The van der Waals surface area contributed by atoms with Crippen molar-refractivity contribution in [2.75, 3.05) is 23.8 Å². The summed E-state index contributed by atoms with van der Waals surface area (Å²) in [5.74, 6) is -2.40. The van der Waals surface area contributed by atoms with Crippen LogP contribution in [0.5, 0.6) is 0 Å². The van der Waals surface area contributed by atoms with E-state index in [4.69, 9.17) is 0 Å². The first-order valence-electron chi connectivity index (χ1n) is 10.5. The smallest absolute Gasteiger partial charge is 0.228 e. The molecular formula is C24H25F3N4O. The van der Waals surface area contributed by atoms with Crippen molar-refractivity contribution in [1.82, 2.24) is 9.97 Å². The van der Waals surface area contributed by atoms with E-state index in [1.165, 1.54) is 12.1 Å². The Morgan fingerprint density at radius 1 is 1.25 bits per heavy atom. The largest absolute Gasteiger partial charge is 0.371 e. The number of anilines is 2. The summed E-state index contributed by atoms with van der Waals surface area (Å²) in [6.45, 7) is 4.22. The molecule has 1 fully saturated rings. The lowest BCUT2D eigenvalue weighted by molar-refractivity contribution is -0.118. The molecule has 8 heteroatoms. The number of aromatic nitrogens is 2. The van der Waals surface area contributed by atoms with Crippen LogP contribution in [0.15, 0.2) is 48.5 Å². The van der Waals surface area contributed by atoms with Crippen molar-refractivity contribution in [3.63, 3.8) is 0 Å². The minimum Gasteiger partial charge on any atom is -0.371 e. The molecule has 0 bridgehead atoms. The highest BCUT2D eigenvalue weighted by Crippen LogP contribution is 2.61. The van der Waals surface area contributed by atoms with Gasteiger partial charge in [-0.05, 0) is 44.4 Å². The van der Waals surface area contributed by atoms with Gasteiger partial charge in [0.2, 0.25) is 5.91 Å². The Hall–Kier alpha value is -3.16. The molecule has 0 spiro atoms. The van der Waals surface area contributed by atoms with Crippen LogP contribution in [0.25, 0.3) is 0 Å². The molecule has 1 aromatic carbocycles. The van der Waals surface area contributed by atoms with Crippen molar-refractivity contribution < 1.29 is 18.0 Å². The summed E-state index contributed by atoms with van der Waals surface area (Å²) in [5.41, 5.74) is 1.36. The van der Waals surface area contributed by atoms with Gasteiger partial charge in [-0.25, -0.2) is 23.1 Å². The molecule has 1 unspecified atom stereocenters. The molecule has 2 aliphatic rings. The molecule has 0 saturated heterocycles. The molecule has 2 aromatic rings. The fourth-order valence-electron chi connectivity index (χ4n) is 4.69. The van der Waals surface area contributed by atoms with Crippen LogP contribution in [-0.2, 0) is 4.79 Å². The van der Waals surface area contributed by atoms with Gasteiger partial charge in [-0.15, -0.1) is 0 Å². The number of halogens is 3.